The van der Waals surface area contributed by atoms with E-state index in [2.05, 4.69) is 455 Å². The Morgan fingerprint density at radius 2 is 0.259 bits per heavy atom. The normalized spacial score (nSPS) is 11.3. The first-order valence-electron chi connectivity index (χ1n) is 49.4. The minimum atomic E-state index is 0.675. The Labute approximate surface area is 850 Å². The lowest BCUT2D eigenvalue weighted by atomic mass is 9.97. The fourth-order valence-corrected chi connectivity index (χ4v) is 19.7. The molecule has 27 aromatic rings. The molecule has 0 aliphatic heterocycles. The third kappa shape index (κ3) is 18.8. The van der Waals surface area contributed by atoms with Crippen LogP contribution in [0.3, 0.4) is 0 Å². The van der Waals surface area contributed by atoms with E-state index in [4.69, 9.17) is 43.2 Å². The van der Waals surface area contributed by atoms with Crippen molar-refractivity contribution in [3.8, 4) is 202 Å². The van der Waals surface area contributed by atoms with Gasteiger partial charge in [0.25, 0.3) is 0 Å². The maximum Gasteiger partial charge on any atom is 0.160 e. The van der Waals surface area contributed by atoms with Gasteiger partial charge in [-0.25, -0.2) is 29.9 Å². The van der Waals surface area contributed by atoms with Gasteiger partial charge in [0, 0.05) is 82.4 Å². The molecule has 0 fully saturated rings. The summed E-state index contributed by atoms with van der Waals surface area (Å²) in [6.45, 7) is 0. The summed E-state index contributed by atoms with van der Waals surface area (Å²) in [5, 5.41) is 6.62. The Hall–Kier alpha value is -19.7. The molecule has 0 bridgehead atoms. The highest BCUT2D eigenvalue weighted by atomic mass is 16.3. The molecular formula is C138H90N6O3. The summed E-state index contributed by atoms with van der Waals surface area (Å²) in [5.41, 5.74) is 40.3. The average Bonchev–Trinajstić information content (AvgIpc) is 1.65. The second-order valence-electron chi connectivity index (χ2n) is 36.7. The fourth-order valence-electron chi connectivity index (χ4n) is 19.7. The molecule has 9 nitrogen and oxygen atoms in total. The van der Waals surface area contributed by atoms with Gasteiger partial charge >= 0.3 is 0 Å². The number of aromatic nitrogens is 6. The summed E-state index contributed by atoms with van der Waals surface area (Å²) in [6, 6.07) is 190. The monoisotopic (exact) mass is 1880 g/mol. The van der Waals surface area contributed by atoms with Crippen LogP contribution in [0.25, 0.3) is 268 Å². The van der Waals surface area contributed by atoms with Gasteiger partial charge in [0.15, 0.2) is 17.5 Å². The summed E-state index contributed by atoms with van der Waals surface area (Å²) in [4.78, 5) is 30.8. The van der Waals surface area contributed by atoms with Crippen LogP contribution in [0, 0.1) is 0 Å². The number of furan rings is 3. The number of rotatable bonds is 18. The molecule has 0 spiro atoms. The summed E-state index contributed by atoms with van der Waals surface area (Å²) in [6.07, 6.45) is 0. The lowest BCUT2D eigenvalue weighted by Gasteiger charge is -2.11. The second kappa shape index (κ2) is 39.7. The molecule has 6 heterocycles. The molecule has 0 atom stereocenters. The molecule has 0 saturated heterocycles. The molecule has 0 saturated carbocycles. The summed E-state index contributed by atoms with van der Waals surface area (Å²) >= 11 is 0. The quantitative estimate of drug-likeness (QED) is 0.0828. The Balaban J connectivity index is 0.000000115. The number of hydrogen-bond donors (Lipinski definition) is 0. The molecule has 27 rings (SSSR count). The Morgan fingerprint density at radius 1 is 0.0952 bits per heavy atom. The van der Waals surface area contributed by atoms with Crippen LogP contribution in [0.4, 0.5) is 0 Å². The zero-order valence-corrected chi connectivity index (χ0v) is 79.9. The molecule has 0 unspecified atom stereocenters. The molecule has 147 heavy (non-hydrogen) atoms. The molecule has 6 aromatic heterocycles. The van der Waals surface area contributed by atoms with E-state index in [-0.39, 0.29) is 0 Å². The Morgan fingerprint density at radius 3 is 0.537 bits per heavy atom. The molecule has 0 amide bonds. The number of nitrogens with zero attached hydrogens (tertiary/aromatic N) is 6. The van der Waals surface area contributed by atoms with E-state index in [0.29, 0.717) is 17.5 Å². The van der Waals surface area contributed by atoms with Crippen molar-refractivity contribution in [1.29, 1.82) is 0 Å². The Bertz CT molecular complexity index is 9360. The Kier molecular flexibility index (Phi) is 24.0. The van der Waals surface area contributed by atoms with Crippen LogP contribution < -0.4 is 0 Å². The van der Waals surface area contributed by atoms with E-state index < -0.39 is 0 Å². The first-order chi connectivity index (χ1) is 72.7. The number of fused-ring (bicyclic) bond motifs is 9. The molecule has 21 aromatic carbocycles. The van der Waals surface area contributed by atoms with Crippen molar-refractivity contribution < 1.29 is 13.3 Å². The highest BCUT2D eigenvalue weighted by Crippen LogP contribution is 2.43. The average molecular weight is 1880 g/mol. The van der Waals surface area contributed by atoms with Gasteiger partial charge in [-0.05, 0) is 197 Å². The van der Waals surface area contributed by atoms with E-state index in [1.807, 2.05) is 91.0 Å². The van der Waals surface area contributed by atoms with E-state index in [1.54, 1.807) is 0 Å². The van der Waals surface area contributed by atoms with Gasteiger partial charge in [-0.3, -0.25) is 0 Å². The SMILES string of the molecule is c1ccc(-c2ccc(-c3cccc(-c4cc(-c5ccc6c(c5)oc5ccccc56)nc(-c5ccc(-c6ccccc6)cc5)n4)c3)cc2)cc1.c1ccc(-c2ccc(-c3nc(-c4ccc(-c5cccc(-c6ccccc6)c5)cc4)cc(-c4ccc5c(c4)oc4ccccc45)n3)cc2)cc1.c1ccc(-c2cccc(-c3ccc(-c4cc(-c5ccc6c(c5)oc5ccccc56)nc(-c5cccc(-c6ccccc6)c5)n4)cc3)c2)cc1. The lowest BCUT2D eigenvalue weighted by Crippen LogP contribution is -1.96. The summed E-state index contributed by atoms with van der Waals surface area (Å²) in [5.74, 6) is 2.03. The van der Waals surface area contributed by atoms with Crippen LogP contribution in [-0.4, -0.2) is 29.9 Å². The first kappa shape index (κ1) is 88.7. The fraction of sp³-hybridized carbons (Fsp3) is 0. The molecular weight excluding hydrogens is 1790 g/mol. The van der Waals surface area contributed by atoms with Gasteiger partial charge in [0.1, 0.15) is 33.5 Å². The number of hydrogen-bond acceptors (Lipinski definition) is 9. The van der Waals surface area contributed by atoms with Gasteiger partial charge in [-0.15, -0.1) is 0 Å². The van der Waals surface area contributed by atoms with Crippen molar-refractivity contribution in [2.45, 2.75) is 0 Å². The predicted molar refractivity (Wildman–Crippen MR) is 606 cm³/mol. The maximum absolute atomic E-state index is 6.26. The molecule has 0 N–H and O–H groups in total. The first-order valence-corrected chi connectivity index (χ1v) is 49.4. The highest BCUT2D eigenvalue weighted by Gasteiger charge is 2.22. The van der Waals surface area contributed by atoms with Crippen molar-refractivity contribution in [2.24, 2.45) is 0 Å². The smallest absolute Gasteiger partial charge is 0.160 e. The van der Waals surface area contributed by atoms with Gasteiger partial charge < -0.3 is 13.3 Å². The van der Waals surface area contributed by atoms with Crippen LogP contribution in [0.1, 0.15) is 0 Å². The van der Waals surface area contributed by atoms with Crippen molar-refractivity contribution in [3.05, 3.63) is 546 Å². The topological polar surface area (TPSA) is 117 Å². The zero-order valence-electron chi connectivity index (χ0n) is 79.9. The third-order valence-corrected chi connectivity index (χ3v) is 27.4. The minimum absolute atomic E-state index is 0.675. The van der Waals surface area contributed by atoms with Crippen LogP contribution in [0.5, 0.6) is 0 Å². The number of benzene rings is 21. The van der Waals surface area contributed by atoms with Crippen LogP contribution in [-0.2, 0) is 0 Å². The molecule has 0 radical (unpaired) electrons. The summed E-state index contributed by atoms with van der Waals surface area (Å²) < 4.78 is 18.8. The minimum Gasteiger partial charge on any atom is -0.456 e. The maximum atomic E-state index is 6.26. The molecule has 690 valence electrons. The molecule has 0 aliphatic carbocycles. The van der Waals surface area contributed by atoms with Gasteiger partial charge in [0.2, 0.25) is 0 Å². The van der Waals surface area contributed by atoms with E-state index >= 15 is 0 Å². The third-order valence-electron chi connectivity index (χ3n) is 27.4. The van der Waals surface area contributed by atoms with E-state index in [9.17, 15) is 0 Å². The largest absolute Gasteiger partial charge is 0.456 e. The van der Waals surface area contributed by atoms with E-state index in [0.717, 1.165) is 195 Å². The van der Waals surface area contributed by atoms with Crippen LogP contribution in [0.2, 0.25) is 0 Å². The van der Waals surface area contributed by atoms with Crippen molar-refractivity contribution in [2.75, 3.05) is 0 Å². The van der Waals surface area contributed by atoms with E-state index in [1.165, 1.54) is 55.6 Å². The highest BCUT2D eigenvalue weighted by molar-refractivity contribution is 6.08. The summed E-state index contributed by atoms with van der Waals surface area (Å²) in [7, 11) is 0. The van der Waals surface area contributed by atoms with Crippen molar-refractivity contribution >= 4 is 65.8 Å². The standard InChI is InChI=1S/3C46H30N2O/c1-3-11-31(12-4-1)35-15-9-16-36(27-35)33-21-23-34(24-22-33)42-30-43(38-25-26-41-40-19-7-8-20-44(40)49-45(41)29-38)48-46(47-42)39-18-10-17-37(28-39)32-13-5-2-6-14-32;1-3-10-31(11-4-1)33-20-24-36(25-21-33)46-47-42(30-43(48-46)39-26-27-41-40-16-7-8-17-44(40)49-45(41)29-39)35-22-18-34(19-23-35)38-15-9-14-37(28-38)32-12-5-2-6-13-32;1-3-10-31(11-4-1)33-18-20-35(21-19-33)37-14-9-15-38(28-37)42-30-43(39-26-27-41-40-16-7-8-17-44(40)49-45(41)29-39)48-46(47-42)36-24-22-34(23-25-36)32-12-5-2-6-13-32/h3*1-30H. The molecule has 9 heteroatoms. The van der Waals surface area contributed by atoms with Gasteiger partial charge in [-0.1, -0.05) is 449 Å². The van der Waals surface area contributed by atoms with Gasteiger partial charge in [-0.2, -0.15) is 0 Å². The zero-order chi connectivity index (χ0) is 97.7. The van der Waals surface area contributed by atoms with Crippen LogP contribution >= 0.6 is 0 Å². The van der Waals surface area contributed by atoms with Gasteiger partial charge in [0.05, 0.1) is 34.2 Å². The van der Waals surface area contributed by atoms with Crippen molar-refractivity contribution in [3.63, 3.8) is 0 Å². The van der Waals surface area contributed by atoms with Crippen LogP contribution in [0.15, 0.2) is 559 Å². The second-order valence-corrected chi connectivity index (χ2v) is 36.7. The molecule has 0 aliphatic rings. The number of para-hydroxylation sites is 3. The van der Waals surface area contributed by atoms with Crippen molar-refractivity contribution in [1.82, 2.24) is 29.9 Å². The predicted octanol–water partition coefficient (Wildman–Crippen LogP) is 37.1. The lowest BCUT2D eigenvalue weighted by molar-refractivity contribution is 0.668.